The van der Waals surface area contributed by atoms with E-state index in [1.54, 1.807) is 11.3 Å². The van der Waals surface area contributed by atoms with Crippen LogP contribution in [0.4, 0.5) is 10.8 Å². The fraction of sp³-hybridized carbons (Fsp3) is 0.438. The zero-order valence-corrected chi connectivity index (χ0v) is 13.2. The molecule has 0 atom stereocenters. The summed E-state index contributed by atoms with van der Waals surface area (Å²) < 4.78 is 0. The molecule has 20 heavy (non-hydrogen) atoms. The van der Waals surface area contributed by atoms with Crippen LogP contribution in [-0.2, 0) is 19.4 Å². The summed E-state index contributed by atoms with van der Waals surface area (Å²) in [5, 5.41) is 10.4. The number of hydrogen-bond donors (Lipinski definition) is 1. The van der Waals surface area contributed by atoms with E-state index < -0.39 is 0 Å². The van der Waals surface area contributed by atoms with Gasteiger partial charge in [-0.3, -0.25) is 0 Å². The molecule has 0 fully saturated rings. The number of rotatable bonds is 6. The van der Waals surface area contributed by atoms with Crippen LogP contribution in [0.5, 0.6) is 0 Å². The maximum atomic E-state index is 9.43. The van der Waals surface area contributed by atoms with Gasteiger partial charge in [0.25, 0.3) is 0 Å². The number of anilines is 2. The lowest BCUT2D eigenvalue weighted by Crippen LogP contribution is -2.09. The minimum atomic E-state index is 0.0790. The molecule has 1 aromatic carbocycles. The van der Waals surface area contributed by atoms with Gasteiger partial charge in [-0.2, -0.15) is 0 Å². The summed E-state index contributed by atoms with van der Waals surface area (Å²) in [6, 6.07) is 8.55. The van der Waals surface area contributed by atoms with E-state index in [0.717, 1.165) is 40.7 Å². The Hall–Kier alpha value is -1.39. The number of aryl methyl sites for hydroxylation is 2. The first kappa shape index (κ1) is 15.0. The van der Waals surface area contributed by atoms with Crippen molar-refractivity contribution in [1.29, 1.82) is 0 Å². The predicted octanol–water partition coefficient (Wildman–Crippen LogP) is 3.92. The Morgan fingerprint density at radius 2 is 1.90 bits per heavy atom. The van der Waals surface area contributed by atoms with Gasteiger partial charge in [0, 0.05) is 12.7 Å². The second-order valence-corrected chi connectivity index (χ2v) is 5.92. The number of benzene rings is 1. The Labute approximate surface area is 124 Å². The average Bonchev–Trinajstić information content (AvgIpc) is 2.90. The Morgan fingerprint density at radius 3 is 2.45 bits per heavy atom. The van der Waals surface area contributed by atoms with Crippen molar-refractivity contribution in [3.8, 4) is 0 Å². The minimum Gasteiger partial charge on any atom is -0.391 e. The first-order valence-electron chi connectivity index (χ1n) is 7.11. The molecule has 0 radical (unpaired) electrons. The van der Waals surface area contributed by atoms with Gasteiger partial charge in [-0.25, -0.2) is 4.98 Å². The van der Waals surface area contributed by atoms with Crippen LogP contribution in [0.25, 0.3) is 0 Å². The molecule has 4 heteroatoms. The topological polar surface area (TPSA) is 36.4 Å². The number of aliphatic hydroxyl groups is 1. The third kappa shape index (κ3) is 3.19. The van der Waals surface area contributed by atoms with Crippen LogP contribution in [0.15, 0.2) is 24.3 Å². The fourth-order valence-electron chi connectivity index (χ4n) is 2.13. The van der Waals surface area contributed by atoms with Crippen molar-refractivity contribution in [2.75, 3.05) is 11.9 Å². The molecule has 0 bridgehead atoms. The highest BCUT2D eigenvalue weighted by atomic mass is 32.1. The SMILES string of the molecule is CCCc1nc(N(C)c2ccc(CC)cc2)sc1CO. The maximum Gasteiger partial charge on any atom is 0.190 e. The normalized spacial score (nSPS) is 10.8. The largest absolute Gasteiger partial charge is 0.391 e. The number of nitrogens with zero attached hydrogens (tertiary/aromatic N) is 2. The van der Waals surface area contributed by atoms with Gasteiger partial charge < -0.3 is 10.0 Å². The first-order chi connectivity index (χ1) is 9.69. The third-order valence-electron chi connectivity index (χ3n) is 3.42. The Kier molecular flexibility index (Phi) is 5.15. The van der Waals surface area contributed by atoms with Crippen molar-refractivity contribution in [2.24, 2.45) is 0 Å². The lowest BCUT2D eigenvalue weighted by Gasteiger charge is -2.16. The van der Waals surface area contributed by atoms with Crippen molar-refractivity contribution in [1.82, 2.24) is 4.98 Å². The molecule has 108 valence electrons. The zero-order chi connectivity index (χ0) is 14.5. The molecule has 0 aliphatic rings. The van der Waals surface area contributed by atoms with Crippen LogP contribution in [-0.4, -0.2) is 17.1 Å². The number of thiazole rings is 1. The molecule has 3 nitrogen and oxygen atoms in total. The van der Waals surface area contributed by atoms with Crippen LogP contribution in [0, 0.1) is 0 Å². The molecule has 0 spiro atoms. The number of hydrogen-bond acceptors (Lipinski definition) is 4. The fourth-order valence-corrected chi connectivity index (χ4v) is 3.08. The van der Waals surface area contributed by atoms with Gasteiger partial charge in [0.2, 0.25) is 0 Å². The summed E-state index contributed by atoms with van der Waals surface area (Å²) in [5.74, 6) is 0. The van der Waals surface area contributed by atoms with Gasteiger partial charge in [0.1, 0.15) is 0 Å². The summed E-state index contributed by atoms with van der Waals surface area (Å²) >= 11 is 1.58. The van der Waals surface area contributed by atoms with E-state index in [1.165, 1.54) is 5.56 Å². The Balaban J connectivity index is 2.25. The first-order valence-corrected chi connectivity index (χ1v) is 7.93. The number of aromatic nitrogens is 1. The highest BCUT2D eigenvalue weighted by Crippen LogP contribution is 2.31. The van der Waals surface area contributed by atoms with Gasteiger partial charge in [-0.15, -0.1) is 0 Å². The third-order valence-corrected chi connectivity index (χ3v) is 4.58. The quantitative estimate of drug-likeness (QED) is 0.876. The minimum absolute atomic E-state index is 0.0790. The van der Waals surface area contributed by atoms with Gasteiger partial charge in [-0.1, -0.05) is 43.7 Å². The van der Waals surface area contributed by atoms with Crippen molar-refractivity contribution < 1.29 is 5.11 Å². The zero-order valence-electron chi connectivity index (χ0n) is 12.4. The molecular formula is C16H22N2OS. The van der Waals surface area contributed by atoms with Crippen LogP contribution in [0.3, 0.4) is 0 Å². The van der Waals surface area contributed by atoms with E-state index in [-0.39, 0.29) is 6.61 Å². The summed E-state index contributed by atoms with van der Waals surface area (Å²) in [6.45, 7) is 4.37. The van der Waals surface area contributed by atoms with Crippen LogP contribution in [0.1, 0.15) is 36.4 Å². The summed E-state index contributed by atoms with van der Waals surface area (Å²) in [6.07, 6.45) is 3.02. The van der Waals surface area contributed by atoms with E-state index in [4.69, 9.17) is 0 Å². The Bertz CT molecular complexity index is 548. The second kappa shape index (κ2) is 6.86. The highest BCUT2D eigenvalue weighted by molar-refractivity contribution is 7.15. The van der Waals surface area contributed by atoms with Crippen molar-refractivity contribution in [3.05, 3.63) is 40.4 Å². The molecular weight excluding hydrogens is 268 g/mol. The molecule has 0 unspecified atom stereocenters. The van der Waals surface area contributed by atoms with E-state index in [9.17, 15) is 5.11 Å². The van der Waals surface area contributed by atoms with Gasteiger partial charge in [0.05, 0.1) is 17.2 Å². The molecule has 0 amide bonds. The highest BCUT2D eigenvalue weighted by Gasteiger charge is 2.14. The summed E-state index contributed by atoms with van der Waals surface area (Å²) in [4.78, 5) is 7.74. The maximum absolute atomic E-state index is 9.43. The van der Waals surface area contributed by atoms with Gasteiger partial charge >= 0.3 is 0 Å². The van der Waals surface area contributed by atoms with E-state index >= 15 is 0 Å². The Morgan fingerprint density at radius 1 is 1.20 bits per heavy atom. The van der Waals surface area contributed by atoms with Crippen LogP contribution < -0.4 is 4.90 Å². The predicted molar refractivity (Wildman–Crippen MR) is 85.9 cm³/mol. The molecule has 0 saturated heterocycles. The standard InChI is InChI=1S/C16H22N2OS/c1-4-6-14-15(11-19)20-16(17-14)18(3)13-9-7-12(5-2)8-10-13/h7-10,19H,4-6,11H2,1-3H3. The molecule has 1 aromatic heterocycles. The molecule has 0 aliphatic heterocycles. The molecule has 0 aliphatic carbocycles. The van der Waals surface area contributed by atoms with Crippen LogP contribution in [0.2, 0.25) is 0 Å². The lowest BCUT2D eigenvalue weighted by molar-refractivity contribution is 0.284. The summed E-state index contributed by atoms with van der Waals surface area (Å²) in [5.41, 5.74) is 3.50. The number of aliphatic hydroxyl groups excluding tert-OH is 1. The average molecular weight is 290 g/mol. The molecule has 0 saturated carbocycles. The summed E-state index contributed by atoms with van der Waals surface area (Å²) in [7, 11) is 2.02. The van der Waals surface area contributed by atoms with Crippen LogP contribution >= 0.6 is 11.3 Å². The molecule has 2 rings (SSSR count). The van der Waals surface area contributed by atoms with Gasteiger partial charge in [-0.05, 0) is 30.5 Å². The van der Waals surface area contributed by atoms with Crippen molar-refractivity contribution in [2.45, 2.75) is 39.7 Å². The molecule has 1 N–H and O–H groups in total. The van der Waals surface area contributed by atoms with E-state index in [2.05, 4.69) is 48.0 Å². The van der Waals surface area contributed by atoms with Gasteiger partial charge in [0.15, 0.2) is 5.13 Å². The van der Waals surface area contributed by atoms with E-state index in [1.807, 2.05) is 7.05 Å². The van der Waals surface area contributed by atoms with Crippen molar-refractivity contribution >= 4 is 22.2 Å². The second-order valence-electron chi connectivity index (χ2n) is 4.85. The molecule has 1 heterocycles. The lowest BCUT2D eigenvalue weighted by atomic mass is 10.1. The molecule has 2 aromatic rings. The van der Waals surface area contributed by atoms with E-state index in [0.29, 0.717) is 0 Å². The monoisotopic (exact) mass is 290 g/mol. The van der Waals surface area contributed by atoms with Crippen molar-refractivity contribution in [3.63, 3.8) is 0 Å². The smallest absolute Gasteiger partial charge is 0.190 e.